The van der Waals surface area contributed by atoms with Crippen LogP contribution in [-0.4, -0.2) is 16.0 Å². The molecule has 32 heavy (non-hydrogen) atoms. The van der Waals surface area contributed by atoms with E-state index < -0.39 is 45.6 Å². The van der Waals surface area contributed by atoms with E-state index in [1.165, 1.54) is 24.3 Å². The summed E-state index contributed by atoms with van der Waals surface area (Å²) in [7, 11) is 0. The molecular weight excluding hydrogens is 459 g/mol. The molecule has 164 valence electrons. The molecule has 0 amide bonds. The second-order valence-electron chi connectivity index (χ2n) is 7.54. The van der Waals surface area contributed by atoms with Gasteiger partial charge in [0.05, 0.1) is 27.8 Å². The number of carbonyl (C=O) groups is 1. The van der Waals surface area contributed by atoms with Crippen molar-refractivity contribution in [3.05, 3.63) is 77.4 Å². The number of hydrogen-bond donors (Lipinski definition) is 2. The smallest absolute Gasteiger partial charge is 0.344 e. The number of rotatable bonds is 3. The van der Waals surface area contributed by atoms with Gasteiger partial charge < -0.3 is 19.0 Å². The maximum absolute atomic E-state index is 12.8. The number of hydrogen-bond acceptors (Lipinski definition) is 7. The average Bonchev–Trinajstić information content (AvgIpc) is 2.70. The van der Waals surface area contributed by atoms with Crippen LogP contribution in [0.1, 0.15) is 35.1 Å². The van der Waals surface area contributed by atoms with Crippen LogP contribution in [0.4, 0.5) is 0 Å². The van der Waals surface area contributed by atoms with Crippen molar-refractivity contribution < 1.29 is 23.8 Å². The highest BCUT2D eigenvalue weighted by molar-refractivity contribution is 6.32. The SMILES string of the molecule is CC(=O)C(c1c(O)c2cc(Cl)c(C)cc2oc1=O)c1c(O)c2cc(Cl)c(C)cc2oc1=O. The second-order valence-corrected chi connectivity index (χ2v) is 8.36. The molecular formula is C23H16Cl2O7. The first-order chi connectivity index (χ1) is 15.0. The minimum atomic E-state index is -1.66. The fourth-order valence-corrected chi connectivity index (χ4v) is 4.03. The van der Waals surface area contributed by atoms with E-state index in [1.807, 2.05) is 0 Å². The van der Waals surface area contributed by atoms with Crippen molar-refractivity contribution in [1.29, 1.82) is 0 Å². The molecule has 0 spiro atoms. The highest BCUT2D eigenvalue weighted by atomic mass is 35.5. The van der Waals surface area contributed by atoms with Gasteiger partial charge in [-0.1, -0.05) is 23.2 Å². The minimum absolute atomic E-state index is 0.0532. The largest absolute Gasteiger partial charge is 0.507 e. The molecule has 0 aliphatic carbocycles. The van der Waals surface area contributed by atoms with Gasteiger partial charge in [0.15, 0.2) is 0 Å². The molecule has 0 saturated carbocycles. The molecule has 7 nitrogen and oxygen atoms in total. The monoisotopic (exact) mass is 474 g/mol. The summed E-state index contributed by atoms with van der Waals surface area (Å²) in [6.07, 6.45) is 0. The zero-order chi connectivity index (χ0) is 23.5. The van der Waals surface area contributed by atoms with E-state index in [0.29, 0.717) is 21.2 Å². The molecule has 2 N–H and O–H groups in total. The van der Waals surface area contributed by atoms with Gasteiger partial charge >= 0.3 is 11.3 Å². The van der Waals surface area contributed by atoms with Gasteiger partial charge in [0.1, 0.15) is 28.4 Å². The molecule has 0 unspecified atom stereocenters. The van der Waals surface area contributed by atoms with Gasteiger partial charge in [0, 0.05) is 10.0 Å². The highest BCUT2D eigenvalue weighted by Gasteiger charge is 2.34. The molecule has 0 radical (unpaired) electrons. The van der Waals surface area contributed by atoms with E-state index >= 15 is 0 Å². The van der Waals surface area contributed by atoms with Gasteiger partial charge in [-0.3, -0.25) is 4.79 Å². The highest BCUT2D eigenvalue weighted by Crippen LogP contribution is 2.40. The molecule has 0 bridgehead atoms. The number of benzene rings is 2. The Bertz CT molecular complexity index is 1450. The second kappa shape index (κ2) is 7.69. The van der Waals surface area contributed by atoms with Crippen molar-refractivity contribution in [3.63, 3.8) is 0 Å². The van der Waals surface area contributed by atoms with Crippen molar-refractivity contribution in [1.82, 2.24) is 0 Å². The van der Waals surface area contributed by atoms with Crippen LogP contribution in [-0.2, 0) is 4.79 Å². The lowest BCUT2D eigenvalue weighted by atomic mass is 9.87. The molecule has 0 atom stereocenters. The number of aromatic hydroxyl groups is 2. The van der Waals surface area contributed by atoms with Gasteiger partial charge in [0.25, 0.3) is 0 Å². The van der Waals surface area contributed by atoms with Crippen LogP contribution in [0, 0.1) is 13.8 Å². The van der Waals surface area contributed by atoms with Crippen LogP contribution in [0.25, 0.3) is 21.9 Å². The Balaban J connectivity index is 2.10. The van der Waals surface area contributed by atoms with Crippen LogP contribution in [0.5, 0.6) is 11.5 Å². The van der Waals surface area contributed by atoms with Crippen LogP contribution in [0.2, 0.25) is 10.0 Å². The quantitative estimate of drug-likeness (QED) is 0.403. The molecule has 2 aromatic carbocycles. The lowest BCUT2D eigenvalue weighted by molar-refractivity contribution is -0.117. The zero-order valence-electron chi connectivity index (χ0n) is 17.1. The van der Waals surface area contributed by atoms with Crippen LogP contribution < -0.4 is 11.3 Å². The summed E-state index contributed by atoms with van der Waals surface area (Å²) in [5, 5.41) is 22.5. The van der Waals surface area contributed by atoms with Crippen LogP contribution >= 0.6 is 23.2 Å². The fraction of sp³-hybridized carbons (Fsp3) is 0.174. The molecule has 4 rings (SSSR count). The zero-order valence-corrected chi connectivity index (χ0v) is 18.6. The number of Topliss-reactive ketones (excluding diaryl/α,β-unsaturated/α-hetero) is 1. The molecule has 4 aromatic rings. The van der Waals surface area contributed by atoms with Crippen molar-refractivity contribution >= 4 is 50.9 Å². The van der Waals surface area contributed by atoms with Gasteiger partial charge in [0.2, 0.25) is 0 Å². The molecule has 2 aromatic heterocycles. The minimum Gasteiger partial charge on any atom is -0.507 e. The maximum atomic E-state index is 12.8. The summed E-state index contributed by atoms with van der Waals surface area (Å²) < 4.78 is 10.6. The van der Waals surface area contributed by atoms with E-state index in [-0.39, 0.29) is 21.9 Å². The average molecular weight is 475 g/mol. The van der Waals surface area contributed by atoms with Crippen LogP contribution in [0.15, 0.2) is 42.7 Å². The van der Waals surface area contributed by atoms with E-state index in [9.17, 15) is 24.6 Å². The van der Waals surface area contributed by atoms with Crippen molar-refractivity contribution in [2.45, 2.75) is 26.7 Å². The first-order valence-electron chi connectivity index (χ1n) is 9.43. The van der Waals surface area contributed by atoms with Gasteiger partial charge in [-0.25, -0.2) is 9.59 Å². The summed E-state index contributed by atoms with van der Waals surface area (Å²) in [5.41, 5.74) is -1.78. The van der Waals surface area contributed by atoms with Gasteiger partial charge in [-0.15, -0.1) is 0 Å². The molecule has 0 fully saturated rings. The molecule has 9 heteroatoms. The third-order valence-electron chi connectivity index (χ3n) is 5.37. The summed E-state index contributed by atoms with van der Waals surface area (Å²) in [6.45, 7) is 4.49. The lowest BCUT2D eigenvalue weighted by Crippen LogP contribution is -2.25. The summed E-state index contributed by atoms with van der Waals surface area (Å²) >= 11 is 12.3. The molecule has 0 aliphatic heterocycles. The Kier molecular flexibility index (Phi) is 5.27. The predicted octanol–water partition coefficient (Wildman–Crippen LogP) is 4.96. The number of fused-ring (bicyclic) bond motifs is 2. The van der Waals surface area contributed by atoms with Crippen molar-refractivity contribution in [2.24, 2.45) is 0 Å². The Morgan fingerprint density at radius 3 is 1.53 bits per heavy atom. The van der Waals surface area contributed by atoms with E-state index in [4.69, 9.17) is 32.0 Å². The summed E-state index contributed by atoms with van der Waals surface area (Å²) in [6, 6.07) is 5.71. The number of halogens is 2. The number of aryl methyl sites for hydroxylation is 2. The van der Waals surface area contributed by atoms with E-state index in [1.54, 1.807) is 13.8 Å². The van der Waals surface area contributed by atoms with Gasteiger partial charge in [-0.2, -0.15) is 0 Å². The standard InChI is InChI=1S/C23H16Cl2O7/c1-8-4-15-11(6-13(8)24)20(27)18(22(29)31-15)17(10(3)26)19-21(28)12-7-14(25)9(2)5-16(12)32-23(19)30/h4-7,17,27-28H,1-3H3. The van der Waals surface area contributed by atoms with Crippen LogP contribution in [0.3, 0.4) is 0 Å². The van der Waals surface area contributed by atoms with E-state index in [0.717, 1.165) is 6.92 Å². The predicted molar refractivity (Wildman–Crippen MR) is 120 cm³/mol. The molecule has 0 saturated heterocycles. The Morgan fingerprint density at radius 1 is 0.812 bits per heavy atom. The Morgan fingerprint density at radius 2 is 1.19 bits per heavy atom. The molecule has 0 aliphatic rings. The maximum Gasteiger partial charge on any atom is 0.344 e. The first kappa shape index (κ1) is 21.9. The third kappa shape index (κ3) is 3.34. The Hall–Kier alpha value is -3.29. The summed E-state index contributed by atoms with van der Waals surface area (Å²) in [4.78, 5) is 38.2. The topological polar surface area (TPSA) is 118 Å². The summed E-state index contributed by atoms with van der Waals surface area (Å²) in [5.74, 6) is -3.53. The number of ketones is 1. The first-order valence-corrected chi connectivity index (χ1v) is 10.2. The van der Waals surface area contributed by atoms with E-state index in [2.05, 4.69) is 0 Å². The Labute approximate surface area is 190 Å². The van der Waals surface area contributed by atoms with Crippen molar-refractivity contribution in [2.75, 3.05) is 0 Å². The van der Waals surface area contributed by atoms with Crippen molar-refractivity contribution in [3.8, 4) is 11.5 Å². The van der Waals surface area contributed by atoms with Gasteiger partial charge in [-0.05, 0) is 56.2 Å². The fourth-order valence-electron chi connectivity index (χ4n) is 3.70. The molecule has 2 heterocycles. The normalized spacial score (nSPS) is 11.6. The lowest BCUT2D eigenvalue weighted by Gasteiger charge is -2.17. The third-order valence-corrected chi connectivity index (χ3v) is 6.19. The number of carbonyl (C=O) groups excluding carboxylic acids is 1.